The minimum Gasteiger partial charge on any atom is -0.485 e. The maximum Gasteiger partial charge on any atom is 0.358 e. The van der Waals surface area contributed by atoms with Crippen LogP contribution in [0.25, 0.3) is 5.69 Å². The standard InChI is InChI=1S/C14H14N2O4S/c1-3-19-14(17)13-11-7-20-12-6-9(21(2)18)4-5-10(12)16(11)8-15-13/h4-6,8H,3,7H2,1-2H3. The summed E-state index contributed by atoms with van der Waals surface area (Å²) in [6.07, 6.45) is 3.19. The maximum absolute atomic E-state index is 11.8. The number of hydrogen-bond acceptors (Lipinski definition) is 5. The van der Waals surface area contributed by atoms with E-state index in [9.17, 15) is 9.00 Å². The third-order valence-corrected chi connectivity index (χ3v) is 4.14. The van der Waals surface area contributed by atoms with Crippen LogP contribution in [0, 0.1) is 0 Å². The molecule has 1 aliphatic heterocycles. The van der Waals surface area contributed by atoms with Gasteiger partial charge in [-0.1, -0.05) is 0 Å². The minimum atomic E-state index is -1.07. The molecule has 0 saturated carbocycles. The number of ether oxygens (including phenoxy) is 2. The molecule has 0 amide bonds. The smallest absolute Gasteiger partial charge is 0.358 e. The van der Waals surface area contributed by atoms with Gasteiger partial charge < -0.3 is 9.47 Å². The molecule has 1 atom stereocenters. The first-order chi connectivity index (χ1) is 10.1. The Bertz CT molecular complexity index is 739. The molecule has 1 aliphatic rings. The van der Waals surface area contributed by atoms with Crippen molar-refractivity contribution in [3.8, 4) is 11.4 Å². The fourth-order valence-corrected chi connectivity index (χ4v) is 2.76. The van der Waals surface area contributed by atoms with E-state index in [1.54, 1.807) is 36.2 Å². The third-order valence-electron chi connectivity index (χ3n) is 3.22. The number of nitrogens with zero attached hydrogens (tertiary/aromatic N) is 2. The van der Waals surface area contributed by atoms with E-state index in [0.717, 1.165) is 5.69 Å². The Hall–Kier alpha value is -2.15. The molecule has 1 aromatic carbocycles. The van der Waals surface area contributed by atoms with Crippen molar-refractivity contribution < 1.29 is 18.5 Å². The third kappa shape index (κ3) is 2.33. The molecule has 0 fully saturated rings. The van der Waals surface area contributed by atoms with Crippen molar-refractivity contribution in [2.75, 3.05) is 12.9 Å². The highest BCUT2D eigenvalue weighted by Gasteiger charge is 2.25. The summed E-state index contributed by atoms with van der Waals surface area (Å²) in [6.45, 7) is 2.27. The molecule has 0 spiro atoms. The molecule has 0 radical (unpaired) electrons. The van der Waals surface area contributed by atoms with Gasteiger partial charge in [0.15, 0.2) is 5.69 Å². The zero-order chi connectivity index (χ0) is 15.0. The van der Waals surface area contributed by atoms with E-state index in [2.05, 4.69) is 4.98 Å². The van der Waals surface area contributed by atoms with Crippen molar-refractivity contribution in [3.05, 3.63) is 35.9 Å². The molecule has 2 heterocycles. The predicted molar refractivity (Wildman–Crippen MR) is 76.2 cm³/mol. The van der Waals surface area contributed by atoms with E-state index in [0.29, 0.717) is 22.9 Å². The summed E-state index contributed by atoms with van der Waals surface area (Å²) in [5.74, 6) is 0.174. The van der Waals surface area contributed by atoms with E-state index < -0.39 is 16.8 Å². The van der Waals surface area contributed by atoms with Gasteiger partial charge in [0, 0.05) is 22.0 Å². The van der Waals surface area contributed by atoms with Gasteiger partial charge in [0.05, 0.1) is 18.0 Å². The lowest BCUT2D eigenvalue weighted by molar-refractivity contribution is 0.0516. The molecule has 6 nitrogen and oxygen atoms in total. The summed E-state index contributed by atoms with van der Waals surface area (Å²) in [5, 5.41) is 0. The Morgan fingerprint density at radius 1 is 1.52 bits per heavy atom. The maximum atomic E-state index is 11.8. The van der Waals surface area contributed by atoms with Gasteiger partial charge in [0.25, 0.3) is 0 Å². The normalized spacial score (nSPS) is 13.8. The van der Waals surface area contributed by atoms with Gasteiger partial charge in [-0.15, -0.1) is 0 Å². The molecular formula is C14H14N2O4S. The number of carbonyl (C=O) groups excluding carboxylic acids is 1. The second kappa shape index (κ2) is 5.33. The molecule has 2 aromatic rings. The van der Waals surface area contributed by atoms with Crippen LogP contribution in [0.1, 0.15) is 23.1 Å². The first-order valence-electron chi connectivity index (χ1n) is 6.45. The fraction of sp³-hybridized carbons (Fsp3) is 0.286. The van der Waals surface area contributed by atoms with Gasteiger partial charge in [-0.2, -0.15) is 0 Å². The summed E-state index contributed by atoms with van der Waals surface area (Å²) in [5.41, 5.74) is 1.70. The van der Waals surface area contributed by atoms with Crippen molar-refractivity contribution >= 4 is 16.8 Å². The molecule has 0 saturated heterocycles. The highest BCUT2D eigenvalue weighted by molar-refractivity contribution is 7.84. The summed E-state index contributed by atoms with van der Waals surface area (Å²) in [6, 6.07) is 5.33. The van der Waals surface area contributed by atoms with Gasteiger partial charge in [-0.25, -0.2) is 9.78 Å². The molecule has 0 bridgehead atoms. The quantitative estimate of drug-likeness (QED) is 0.807. The average molecular weight is 306 g/mol. The fourth-order valence-electron chi connectivity index (χ4n) is 2.22. The second-order valence-corrected chi connectivity index (χ2v) is 5.88. The van der Waals surface area contributed by atoms with Crippen molar-refractivity contribution in [2.45, 2.75) is 18.4 Å². The summed E-state index contributed by atoms with van der Waals surface area (Å²) >= 11 is 0. The SMILES string of the molecule is CCOC(=O)c1ncn2c1COc1cc(S(C)=O)ccc1-2. The first kappa shape index (κ1) is 13.8. The van der Waals surface area contributed by atoms with Gasteiger partial charge in [-0.05, 0) is 25.1 Å². The summed E-state index contributed by atoms with van der Waals surface area (Å²) < 4.78 is 24.0. The van der Waals surface area contributed by atoms with Crippen LogP contribution in [0.5, 0.6) is 5.75 Å². The lowest BCUT2D eigenvalue weighted by Gasteiger charge is -2.20. The van der Waals surface area contributed by atoms with E-state index in [-0.39, 0.29) is 12.3 Å². The zero-order valence-electron chi connectivity index (χ0n) is 11.7. The Morgan fingerprint density at radius 2 is 2.33 bits per heavy atom. The predicted octanol–water partition coefficient (Wildman–Crippen LogP) is 1.68. The number of carbonyl (C=O) groups is 1. The van der Waals surface area contributed by atoms with Gasteiger partial charge in [0.2, 0.25) is 0 Å². The summed E-state index contributed by atoms with van der Waals surface area (Å²) in [7, 11) is -1.07. The highest BCUT2D eigenvalue weighted by atomic mass is 32.2. The minimum absolute atomic E-state index is 0.223. The van der Waals surface area contributed by atoms with Crippen LogP contribution in [0.3, 0.4) is 0 Å². The van der Waals surface area contributed by atoms with Gasteiger partial charge >= 0.3 is 5.97 Å². The van der Waals surface area contributed by atoms with Gasteiger partial charge in [-0.3, -0.25) is 8.78 Å². The highest BCUT2D eigenvalue weighted by Crippen LogP contribution is 2.32. The average Bonchev–Trinajstić information content (AvgIpc) is 2.91. The topological polar surface area (TPSA) is 70.4 Å². The van der Waals surface area contributed by atoms with Crippen LogP contribution in [0.2, 0.25) is 0 Å². The molecule has 0 aliphatic carbocycles. The Morgan fingerprint density at radius 3 is 3.05 bits per heavy atom. The lowest BCUT2D eigenvalue weighted by Crippen LogP contribution is -2.16. The molecule has 1 aromatic heterocycles. The Balaban J connectivity index is 2.04. The van der Waals surface area contributed by atoms with Crippen LogP contribution in [-0.2, 0) is 22.1 Å². The van der Waals surface area contributed by atoms with Crippen LogP contribution in [0.15, 0.2) is 29.4 Å². The van der Waals surface area contributed by atoms with E-state index in [1.807, 2.05) is 6.07 Å². The van der Waals surface area contributed by atoms with Crippen molar-refractivity contribution in [1.29, 1.82) is 0 Å². The largest absolute Gasteiger partial charge is 0.485 e. The van der Waals surface area contributed by atoms with Crippen molar-refractivity contribution in [3.63, 3.8) is 0 Å². The monoisotopic (exact) mass is 306 g/mol. The molecule has 21 heavy (non-hydrogen) atoms. The number of rotatable bonds is 3. The number of esters is 1. The number of aromatic nitrogens is 2. The van der Waals surface area contributed by atoms with Crippen molar-refractivity contribution in [1.82, 2.24) is 9.55 Å². The Labute approximate surface area is 124 Å². The van der Waals surface area contributed by atoms with E-state index in [4.69, 9.17) is 9.47 Å². The van der Waals surface area contributed by atoms with E-state index >= 15 is 0 Å². The number of fused-ring (bicyclic) bond motifs is 3. The zero-order valence-corrected chi connectivity index (χ0v) is 12.5. The Kier molecular flexibility index (Phi) is 3.50. The van der Waals surface area contributed by atoms with Gasteiger partial charge in [0.1, 0.15) is 18.7 Å². The van der Waals surface area contributed by atoms with Crippen LogP contribution >= 0.6 is 0 Å². The molecule has 110 valence electrons. The molecule has 3 rings (SSSR count). The molecule has 7 heteroatoms. The first-order valence-corrected chi connectivity index (χ1v) is 8.01. The van der Waals surface area contributed by atoms with Crippen LogP contribution < -0.4 is 4.74 Å². The molecular weight excluding hydrogens is 292 g/mol. The number of imidazole rings is 1. The van der Waals surface area contributed by atoms with Crippen LogP contribution in [-0.4, -0.2) is 32.6 Å². The lowest BCUT2D eigenvalue weighted by atomic mass is 10.2. The second-order valence-electron chi connectivity index (χ2n) is 4.50. The summed E-state index contributed by atoms with van der Waals surface area (Å²) in [4.78, 5) is 16.7. The van der Waals surface area contributed by atoms with Crippen LogP contribution in [0.4, 0.5) is 0 Å². The molecule has 1 unspecified atom stereocenters. The number of hydrogen-bond donors (Lipinski definition) is 0. The van der Waals surface area contributed by atoms with Crippen molar-refractivity contribution in [2.24, 2.45) is 0 Å². The molecule has 0 N–H and O–H groups in total. The van der Waals surface area contributed by atoms with E-state index in [1.165, 1.54) is 0 Å². The number of benzene rings is 1.